The topological polar surface area (TPSA) is 42.7 Å². The number of aromatic nitrogens is 4. The van der Waals surface area contributed by atoms with E-state index in [0.29, 0.717) is 0 Å². The Hall–Kier alpha value is -5.29. The Labute approximate surface area is 285 Å². The zero-order chi connectivity index (χ0) is 32.5. The fourth-order valence-corrected chi connectivity index (χ4v) is 8.26. The second-order valence-corrected chi connectivity index (χ2v) is 13.7. The fraction of sp³-hybridized carbons (Fsp3) is 0.195. The summed E-state index contributed by atoms with van der Waals surface area (Å²) in [4.78, 5) is 13.5. The number of likely N-dealkylation sites (tertiary alicyclic amines) is 1. The van der Waals surface area contributed by atoms with Gasteiger partial charge in [-0.25, -0.2) is 11.6 Å². The largest absolute Gasteiger partial charge is 0.314 e. The second kappa shape index (κ2) is 12.7. The van der Waals surface area contributed by atoms with Crippen LogP contribution in [0.3, 0.4) is 0 Å². The van der Waals surface area contributed by atoms with Gasteiger partial charge in [0.2, 0.25) is 6.04 Å². The van der Waals surface area contributed by atoms with E-state index < -0.39 is 5.54 Å². The molecule has 3 aromatic carbocycles. The molecule has 0 amide bonds. The van der Waals surface area contributed by atoms with Crippen molar-refractivity contribution in [3.05, 3.63) is 173 Å². The van der Waals surface area contributed by atoms with Crippen LogP contribution in [0.5, 0.6) is 0 Å². The van der Waals surface area contributed by atoms with Gasteiger partial charge in [-0.1, -0.05) is 91.0 Å². The molecule has 7 heteroatoms. The molecule has 0 radical (unpaired) electrons. The summed E-state index contributed by atoms with van der Waals surface area (Å²) in [5, 5.41) is 5.28. The van der Waals surface area contributed by atoms with Crippen molar-refractivity contribution in [3.63, 3.8) is 0 Å². The van der Waals surface area contributed by atoms with Crippen LogP contribution in [0.2, 0.25) is 0 Å². The van der Waals surface area contributed by atoms with Gasteiger partial charge in [-0.05, 0) is 47.9 Å². The van der Waals surface area contributed by atoms with Crippen molar-refractivity contribution in [2.75, 3.05) is 13.1 Å². The van der Waals surface area contributed by atoms with Crippen LogP contribution in [0, 0.1) is 13.5 Å². The van der Waals surface area contributed by atoms with E-state index in [2.05, 4.69) is 153 Å². The zero-order valence-corrected chi connectivity index (χ0v) is 27.7. The second-order valence-electron chi connectivity index (χ2n) is 12.6. The lowest BCUT2D eigenvalue weighted by atomic mass is 9.77. The number of imidazole rings is 1. The molecular formula is C41H36N6S. The molecule has 236 valence electrons. The summed E-state index contributed by atoms with van der Waals surface area (Å²) in [5.74, 6) is 0. The highest BCUT2D eigenvalue weighted by Crippen LogP contribution is 2.42. The summed E-state index contributed by atoms with van der Waals surface area (Å²) < 4.78 is 4.37. The normalized spacial score (nSPS) is 14.3. The van der Waals surface area contributed by atoms with Gasteiger partial charge < -0.3 is 4.85 Å². The standard InChI is InChI=1S/C41H36N6S/c1-30-37(29-47(44-30)41(32-12-6-3-7-13-32,33-14-8-4-9-15-33)34-16-10-5-11-17-34)31-18-21-40-43-26-38(46(40)27-31)39-20-19-36(48-39)28-45-24-22-35(42-2)23-25-45/h3-21,26-27,29,35H,22-25,28H2,1H3. The number of pyridine rings is 1. The molecule has 0 aliphatic carbocycles. The maximum atomic E-state index is 7.35. The molecule has 0 atom stereocenters. The molecule has 1 aliphatic heterocycles. The van der Waals surface area contributed by atoms with E-state index in [1.165, 1.54) is 9.75 Å². The number of aryl methyl sites for hydroxylation is 1. The molecule has 0 spiro atoms. The smallest absolute Gasteiger partial charge is 0.226 e. The molecule has 0 unspecified atom stereocenters. The quantitative estimate of drug-likeness (QED) is 0.123. The molecule has 1 saturated heterocycles. The van der Waals surface area contributed by atoms with Crippen molar-refractivity contribution < 1.29 is 0 Å². The average molecular weight is 645 g/mol. The average Bonchev–Trinajstić information content (AvgIpc) is 3.89. The zero-order valence-electron chi connectivity index (χ0n) is 26.9. The molecule has 48 heavy (non-hydrogen) atoms. The predicted molar refractivity (Wildman–Crippen MR) is 194 cm³/mol. The van der Waals surface area contributed by atoms with E-state index in [4.69, 9.17) is 16.7 Å². The third-order valence-corrected chi connectivity index (χ3v) is 10.8. The summed E-state index contributed by atoms with van der Waals surface area (Å²) in [6, 6.07) is 41.0. The Morgan fingerprint density at radius 2 is 1.42 bits per heavy atom. The predicted octanol–water partition coefficient (Wildman–Crippen LogP) is 8.96. The summed E-state index contributed by atoms with van der Waals surface area (Å²) in [6.45, 7) is 12.4. The summed E-state index contributed by atoms with van der Waals surface area (Å²) >= 11 is 1.83. The van der Waals surface area contributed by atoms with Crippen LogP contribution in [0.1, 0.15) is 40.1 Å². The van der Waals surface area contributed by atoms with Crippen LogP contribution in [0.15, 0.2) is 134 Å². The maximum absolute atomic E-state index is 7.35. The third-order valence-electron chi connectivity index (χ3n) is 9.67. The van der Waals surface area contributed by atoms with Crippen molar-refractivity contribution >= 4 is 17.0 Å². The number of piperidine rings is 1. The first-order valence-electron chi connectivity index (χ1n) is 16.5. The Morgan fingerprint density at radius 3 is 2.02 bits per heavy atom. The highest BCUT2D eigenvalue weighted by atomic mass is 32.1. The molecule has 6 nitrogen and oxygen atoms in total. The van der Waals surface area contributed by atoms with E-state index in [-0.39, 0.29) is 6.04 Å². The number of benzene rings is 3. The number of hydrogen-bond donors (Lipinski definition) is 0. The number of fused-ring (bicyclic) bond motifs is 1. The van der Waals surface area contributed by atoms with Gasteiger partial charge in [-0.3, -0.25) is 14.0 Å². The third kappa shape index (κ3) is 5.33. The Kier molecular flexibility index (Phi) is 7.97. The van der Waals surface area contributed by atoms with Crippen LogP contribution >= 0.6 is 11.3 Å². The van der Waals surface area contributed by atoms with E-state index in [0.717, 1.165) is 77.3 Å². The first-order valence-corrected chi connectivity index (χ1v) is 17.3. The molecule has 8 rings (SSSR count). The van der Waals surface area contributed by atoms with Gasteiger partial charge in [0.1, 0.15) is 11.2 Å². The van der Waals surface area contributed by atoms with Crippen molar-refractivity contribution in [3.8, 4) is 21.7 Å². The van der Waals surface area contributed by atoms with E-state index in [1.54, 1.807) is 0 Å². The Morgan fingerprint density at radius 1 is 0.792 bits per heavy atom. The molecule has 0 saturated carbocycles. The summed E-state index contributed by atoms with van der Waals surface area (Å²) in [6.07, 6.45) is 8.33. The number of thiophene rings is 1. The maximum Gasteiger partial charge on any atom is 0.226 e. The first-order chi connectivity index (χ1) is 23.6. The van der Waals surface area contributed by atoms with Gasteiger partial charge >= 0.3 is 0 Å². The molecule has 7 aromatic rings. The Balaban J connectivity index is 1.19. The number of nitrogens with zero attached hydrogens (tertiary/aromatic N) is 6. The highest BCUT2D eigenvalue weighted by molar-refractivity contribution is 7.15. The van der Waals surface area contributed by atoms with E-state index >= 15 is 0 Å². The van der Waals surface area contributed by atoms with Crippen molar-refractivity contribution in [1.29, 1.82) is 0 Å². The molecule has 0 N–H and O–H groups in total. The van der Waals surface area contributed by atoms with Gasteiger partial charge in [0, 0.05) is 60.9 Å². The molecular weight excluding hydrogens is 609 g/mol. The van der Waals surface area contributed by atoms with Gasteiger partial charge in [0.15, 0.2) is 0 Å². The van der Waals surface area contributed by atoms with Gasteiger partial charge in [0.05, 0.1) is 22.5 Å². The fourth-order valence-electron chi connectivity index (χ4n) is 7.20. The Bertz CT molecular complexity index is 2100. The number of hydrogen-bond acceptors (Lipinski definition) is 4. The lowest BCUT2D eigenvalue weighted by molar-refractivity contribution is 0.217. The molecule has 1 fully saturated rings. The SMILES string of the molecule is [C-]#[N+]C1CCN(Cc2ccc(-c3cnc4ccc(-c5cn(C(c6ccccc6)(c6ccccc6)c6ccccc6)nc5C)cn34)s2)CC1. The molecule has 4 aromatic heterocycles. The highest BCUT2D eigenvalue weighted by Gasteiger charge is 2.39. The van der Waals surface area contributed by atoms with E-state index in [1.807, 2.05) is 17.5 Å². The van der Waals surface area contributed by atoms with Crippen LogP contribution in [-0.2, 0) is 12.1 Å². The van der Waals surface area contributed by atoms with Crippen molar-refractivity contribution in [2.24, 2.45) is 0 Å². The summed E-state index contributed by atoms with van der Waals surface area (Å²) in [5.41, 5.74) is 7.91. The number of rotatable bonds is 8. The van der Waals surface area contributed by atoms with Gasteiger partial charge in [-0.2, -0.15) is 5.10 Å². The van der Waals surface area contributed by atoms with Crippen LogP contribution in [0.4, 0.5) is 0 Å². The molecule has 1 aliphatic rings. The monoisotopic (exact) mass is 644 g/mol. The van der Waals surface area contributed by atoms with Crippen LogP contribution in [-0.4, -0.2) is 43.2 Å². The molecule has 5 heterocycles. The minimum Gasteiger partial charge on any atom is -0.314 e. The van der Waals surface area contributed by atoms with Crippen molar-refractivity contribution in [1.82, 2.24) is 24.1 Å². The van der Waals surface area contributed by atoms with E-state index in [9.17, 15) is 0 Å². The minimum atomic E-state index is -0.671. The lowest BCUT2D eigenvalue weighted by Crippen LogP contribution is -2.38. The first kappa shape index (κ1) is 30.1. The van der Waals surface area contributed by atoms with Crippen LogP contribution in [0.25, 0.3) is 32.2 Å². The molecule has 0 bridgehead atoms. The van der Waals surface area contributed by atoms with Gasteiger partial charge in [-0.15, -0.1) is 11.3 Å². The summed E-state index contributed by atoms with van der Waals surface area (Å²) in [7, 11) is 0. The minimum absolute atomic E-state index is 0.190. The van der Waals surface area contributed by atoms with Gasteiger partial charge in [0.25, 0.3) is 0 Å². The van der Waals surface area contributed by atoms with Crippen LogP contribution < -0.4 is 0 Å². The lowest BCUT2D eigenvalue weighted by Gasteiger charge is -2.36. The van der Waals surface area contributed by atoms with Crippen molar-refractivity contribution in [2.45, 2.75) is 37.9 Å².